The lowest BCUT2D eigenvalue weighted by Crippen LogP contribution is -2.36. The fourth-order valence-electron chi connectivity index (χ4n) is 1.86. The topological polar surface area (TPSA) is 32.6 Å². The Morgan fingerprint density at radius 3 is 2.68 bits per heavy atom. The predicted octanol–water partition coefficient (Wildman–Crippen LogP) is 3.13. The summed E-state index contributed by atoms with van der Waals surface area (Å²) in [6, 6.07) is 0.443. The van der Waals surface area contributed by atoms with Crippen LogP contribution in [0.4, 0.5) is 5.82 Å². The average molecular weight is 280 g/mol. The maximum absolute atomic E-state index is 4.76. The highest BCUT2D eigenvalue weighted by Crippen LogP contribution is 2.25. The summed E-state index contributed by atoms with van der Waals surface area (Å²) in [5, 5.41) is 5.64. The third kappa shape index (κ3) is 3.09. The second-order valence-corrected chi connectivity index (χ2v) is 7.12. The zero-order valence-corrected chi connectivity index (χ0v) is 13.5. The van der Waals surface area contributed by atoms with Crippen molar-refractivity contribution < 1.29 is 0 Å². The van der Waals surface area contributed by atoms with Crippen LogP contribution < -0.4 is 10.2 Å². The summed E-state index contributed by atoms with van der Waals surface area (Å²) in [5.41, 5.74) is 1.34. The first kappa shape index (κ1) is 14.3. The van der Waals surface area contributed by atoms with Gasteiger partial charge in [0.25, 0.3) is 0 Å². The van der Waals surface area contributed by atoms with Gasteiger partial charge in [0, 0.05) is 36.8 Å². The van der Waals surface area contributed by atoms with Crippen LogP contribution in [0.15, 0.2) is 11.6 Å². The molecule has 0 unspecified atom stereocenters. The molecule has 4 nitrogen and oxygen atoms in total. The molecule has 2 aromatic heterocycles. The molecular weight excluding hydrogens is 256 g/mol. The molecule has 0 amide bonds. The highest BCUT2D eigenvalue weighted by Gasteiger charge is 2.19. The van der Waals surface area contributed by atoms with E-state index < -0.39 is 0 Å². The van der Waals surface area contributed by atoms with E-state index in [-0.39, 0.29) is 5.54 Å². The maximum Gasteiger partial charge on any atom is 0.195 e. The minimum atomic E-state index is 0.105. The molecule has 0 radical (unpaired) electrons. The lowest BCUT2D eigenvalue weighted by Gasteiger charge is -2.25. The van der Waals surface area contributed by atoms with Gasteiger partial charge in [0.05, 0.1) is 5.69 Å². The second kappa shape index (κ2) is 5.13. The molecule has 5 heteroatoms. The summed E-state index contributed by atoms with van der Waals surface area (Å²) in [7, 11) is 2.11. The van der Waals surface area contributed by atoms with Gasteiger partial charge in [0.2, 0.25) is 0 Å². The predicted molar refractivity (Wildman–Crippen MR) is 83.2 cm³/mol. The normalized spacial score (nSPS) is 12.6. The number of anilines is 1. The summed E-state index contributed by atoms with van der Waals surface area (Å²) >= 11 is 1.68. The molecule has 0 aromatic carbocycles. The average Bonchev–Trinajstić information content (AvgIpc) is 2.83. The standard InChI is InChI=1S/C14H24N4S/c1-10(2)17(6)12-11(9-15-14(3,4)5)18-7-8-19-13(18)16-12/h7-8,10,15H,9H2,1-6H3. The number of rotatable bonds is 4. The van der Waals surface area contributed by atoms with Gasteiger partial charge in [-0.3, -0.25) is 4.40 Å². The third-order valence-corrected chi connectivity index (χ3v) is 3.99. The number of thiazole rings is 1. The lowest BCUT2D eigenvalue weighted by atomic mass is 10.1. The molecule has 19 heavy (non-hydrogen) atoms. The largest absolute Gasteiger partial charge is 0.356 e. The van der Waals surface area contributed by atoms with E-state index in [4.69, 9.17) is 4.98 Å². The van der Waals surface area contributed by atoms with Gasteiger partial charge in [-0.2, -0.15) is 0 Å². The Balaban J connectivity index is 2.37. The SMILES string of the molecule is CC(C)N(C)c1nc2sccn2c1CNC(C)(C)C. The van der Waals surface area contributed by atoms with Crippen molar-refractivity contribution in [2.45, 2.75) is 52.7 Å². The number of hydrogen-bond acceptors (Lipinski definition) is 4. The zero-order chi connectivity index (χ0) is 14.2. The van der Waals surface area contributed by atoms with Gasteiger partial charge in [0.1, 0.15) is 0 Å². The van der Waals surface area contributed by atoms with Crippen LogP contribution >= 0.6 is 11.3 Å². The molecule has 0 spiro atoms. The van der Waals surface area contributed by atoms with Gasteiger partial charge in [-0.25, -0.2) is 4.98 Å². The van der Waals surface area contributed by atoms with E-state index >= 15 is 0 Å². The van der Waals surface area contributed by atoms with E-state index in [2.05, 4.69) is 67.9 Å². The first-order valence-corrected chi connectivity index (χ1v) is 7.60. The summed E-state index contributed by atoms with van der Waals surface area (Å²) < 4.78 is 2.19. The highest BCUT2D eigenvalue weighted by atomic mass is 32.1. The molecule has 0 fully saturated rings. The Morgan fingerprint density at radius 1 is 1.42 bits per heavy atom. The van der Waals surface area contributed by atoms with E-state index in [1.54, 1.807) is 11.3 Å². The Morgan fingerprint density at radius 2 is 2.11 bits per heavy atom. The molecule has 2 aromatic rings. The van der Waals surface area contributed by atoms with Crippen LogP contribution in [0, 0.1) is 0 Å². The van der Waals surface area contributed by atoms with Crippen molar-refractivity contribution in [1.29, 1.82) is 0 Å². The number of aromatic nitrogens is 2. The Bertz CT molecular complexity index is 547. The summed E-state index contributed by atoms with van der Waals surface area (Å²) in [6.07, 6.45) is 2.10. The van der Waals surface area contributed by atoms with Gasteiger partial charge in [-0.05, 0) is 34.6 Å². The summed E-state index contributed by atoms with van der Waals surface area (Å²) in [6.45, 7) is 11.8. The van der Waals surface area contributed by atoms with Crippen molar-refractivity contribution in [2.24, 2.45) is 0 Å². The molecule has 0 aliphatic rings. The molecule has 0 saturated heterocycles. The van der Waals surface area contributed by atoms with E-state index in [0.717, 1.165) is 17.3 Å². The van der Waals surface area contributed by atoms with Crippen LogP contribution in [-0.2, 0) is 6.54 Å². The van der Waals surface area contributed by atoms with Crippen LogP contribution in [0.3, 0.4) is 0 Å². The molecule has 0 aliphatic heterocycles. The molecule has 0 bridgehead atoms. The molecule has 2 heterocycles. The van der Waals surface area contributed by atoms with E-state index in [1.165, 1.54) is 5.69 Å². The molecule has 1 N–H and O–H groups in total. The van der Waals surface area contributed by atoms with Crippen LogP contribution in [0.5, 0.6) is 0 Å². The third-order valence-electron chi connectivity index (χ3n) is 3.23. The van der Waals surface area contributed by atoms with Crippen molar-refractivity contribution in [3.8, 4) is 0 Å². The summed E-state index contributed by atoms with van der Waals surface area (Å²) in [5.74, 6) is 1.08. The number of imidazole rings is 1. The summed E-state index contributed by atoms with van der Waals surface area (Å²) in [4.78, 5) is 8.06. The van der Waals surface area contributed by atoms with Crippen LogP contribution in [0.1, 0.15) is 40.3 Å². The number of nitrogens with zero attached hydrogens (tertiary/aromatic N) is 3. The van der Waals surface area contributed by atoms with Crippen LogP contribution in [0.2, 0.25) is 0 Å². The van der Waals surface area contributed by atoms with Crippen molar-refractivity contribution in [3.05, 3.63) is 17.3 Å². The van der Waals surface area contributed by atoms with Crippen molar-refractivity contribution in [2.75, 3.05) is 11.9 Å². The van der Waals surface area contributed by atoms with Gasteiger partial charge < -0.3 is 10.2 Å². The molecule has 2 rings (SSSR count). The van der Waals surface area contributed by atoms with E-state index in [9.17, 15) is 0 Å². The number of fused-ring (bicyclic) bond motifs is 1. The van der Waals surface area contributed by atoms with Crippen LogP contribution in [-0.4, -0.2) is 28.0 Å². The highest BCUT2D eigenvalue weighted by molar-refractivity contribution is 7.15. The Labute approximate surface area is 119 Å². The first-order valence-electron chi connectivity index (χ1n) is 6.72. The molecule has 0 aliphatic carbocycles. The molecular formula is C14H24N4S. The zero-order valence-electron chi connectivity index (χ0n) is 12.7. The van der Waals surface area contributed by atoms with Gasteiger partial charge >= 0.3 is 0 Å². The minimum absolute atomic E-state index is 0.105. The van der Waals surface area contributed by atoms with Crippen LogP contribution in [0.25, 0.3) is 4.96 Å². The van der Waals surface area contributed by atoms with Crippen molar-refractivity contribution in [1.82, 2.24) is 14.7 Å². The van der Waals surface area contributed by atoms with Crippen molar-refractivity contribution >= 4 is 22.1 Å². The Kier molecular flexibility index (Phi) is 3.87. The van der Waals surface area contributed by atoms with Crippen molar-refractivity contribution in [3.63, 3.8) is 0 Å². The number of nitrogens with one attached hydrogen (secondary N) is 1. The smallest absolute Gasteiger partial charge is 0.195 e. The monoisotopic (exact) mass is 280 g/mol. The lowest BCUT2D eigenvalue weighted by molar-refractivity contribution is 0.420. The second-order valence-electron chi connectivity index (χ2n) is 6.25. The molecule has 106 valence electrons. The Hall–Kier alpha value is -1.07. The fraction of sp³-hybridized carbons (Fsp3) is 0.643. The van der Waals surface area contributed by atoms with E-state index in [0.29, 0.717) is 6.04 Å². The van der Waals surface area contributed by atoms with Gasteiger partial charge in [0.15, 0.2) is 10.8 Å². The fourth-order valence-corrected chi connectivity index (χ4v) is 2.59. The first-order chi connectivity index (χ1) is 8.79. The maximum atomic E-state index is 4.76. The molecule has 0 saturated carbocycles. The van der Waals surface area contributed by atoms with Gasteiger partial charge in [-0.1, -0.05) is 0 Å². The van der Waals surface area contributed by atoms with E-state index in [1.807, 2.05) is 0 Å². The quantitative estimate of drug-likeness (QED) is 0.934. The number of hydrogen-bond donors (Lipinski definition) is 1. The molecule has 0 atom stereocenters. The minimum Gasteiger partial charge on any atom is -0.356 e. The van der Waals surface area contributed by atoms with Gasteiger partial charge in [-0.15, -0.1) is 11.3 Å².